The van der Waals surface area contributed by atoms with Gasteiger partial charge in [-0.05, 0) is 31.2 Å². The van der Waals surface area contributed by atoms with E-state index in [1.807, 2.05) is 0 Å². The van der Waals surface area contributed by atoms with Gasteiger partial charge in [-0.15, -0.1) is 0 Å². The van der Waals surface area contributed by atoms with Crippen molar-refractivity contribution in [2.45, 2.75) is 31.7 Å². The fraction of sp³-hybridized carbons (Fsp3) is 1.00. The van der Waals surface area contributed by atoms with Gasteiger partial charge in [0, 0.05) is 12.6 Å². The van der Waals surface area contributed by atoms with Crippen LogP contribution in [-0.2, 0) is 0 Å². The minimum Gasteiger partial charge on any atom is -0.326 e. The molecule has 64 valence electrons. The zero-order valence-corrected chi connectivity index (χ0v) is 7.05. The minimum atomic E-state index is 0.435. The van der Waals surface area contributed by atoms with Crippen molar-refractivity contribution in [1.82, 2.24) is 5.32 Å². The normalized spacial score (nSPS) is 39.0. The molecule has 2 heteroatoms. The topological polar surface area (TPSA) is 38.0 Å². The zero-order chi connectivity index (χ0) is 7.68. The van der Waals surface area contributed by atoms with Crippen molar-refractivity contribution in [3.8, 4) is 0 Å². The lowest BCUT2D eigenvalue weighted by Crippen LogP contribution is -2.46. The summed E-state index contributed by atoms with van der Waals surface area (Å²) in [6, 6.07) is 0.435. The Hall–Kier alpha value is -0.0800. The van der Waals surface area contributed by atoms with E-state index in [1.165, 1.54) is 32.2 Å². The summed E-state index contributed by atoms with van der Waals surface area (Å²) in [7, 11) is 0. The first-order chi connectivity index (χ1) is 5.36. The van der Waals surface area contributed by atoms with Crippen LogP contribution in [0.1, 0.15) is 25.7 Å². The minimum absolute atomic E-state index is 0.435. The molecule has 3 N–H and O–H groups in total. The van der Waals surface area contributed by atoms with Crippen LogP contribution in [0.2, 0.25) is 0 Å². The van der Waals surface area contributed by atoms with E-state index in [-0.39, 0.29) is 0 Å². The largest absolute Gasteiger partial charge is 0.326 e. The maximum Gasteiger partial charge on any atom is 0.0194 e. The molecule has 2 fully saturated rings. The van der Waals surface area contributed by atoms with Gasteiger partial charge in [0.15, 0.2) is 0 Å². The van der Waals surface area contributed by atoms with Crippen molar-refractivity contribution >= 4 is 0 Å². The highest BCUT2D eigenvalue weighted by molar-refractivity contribution is 4.85. The van der Waals surface area contributed by atoms with Gasteiger partial charge >= 0.3 is 0 Å². The van der Waals surface area contributed by atoms with Gasteiger partial charge in [-0.1, -0.05) is 12.8 Å². The molecule has 0 aromatic carbocycles. The Labute approximate surface area is 68.5 Å². The van der Waals surface area contributed by atoms with E-state index in [2.05, 4.69) is 5.32 Å². The molecule has 2 aliphatic rings. The second kappa shape index (κ2) is 3.11. The first-order valence-electron chi connectivity index (χ1n) is 4.82. The Balaban J connectivity index is 1.78. The number of hydrogen-bond acceptors (Lipinski definition) is 2. The Kier molecular flexibility index (Phi) is 2.14. The van der Waals surface area contributed by atoms with Crippen LogP contribution in [0.25, 0.3) is 0 Å². The standard InChI is InChI=1S/C9H18N2/c10-9-6-11-4-3-8(9)5-7-1-2-7/h7-9,11H,1-6,10H2. The quantitative estimate of drug-likeness (QED) is 0.615. The average Bonchev–Trinajstić information content (AvgIpc) is 2.78. The molecule has 2 unspecified atom stereocenters. The van der Waals surface area contributed by atoms with Crippen LogP contribution in [0, 0.1) is 11.8 Å². The van der Waals surface area contributed by atoms with Gasteiger partial charge in [0.2, 0.25) is 0 Å². The van der Waals surface area contributed by atoms with Gasteiger partial charge in [-0.3, -0.25) is 0 Å². The molecule has 1 saturated heterocycles. The van der Waals surface area contributed by atoms with Crippen molar-refractivity contribution in [3.05, 3.63) is 0 Å². The van der Waals surface area contributed by atoms with E-state index in [0.29, 0.717) is 6.04 Å². The lowest BCUT2D eigenvalue weighted by molar-refractivity contribution is 0.296. The molecule has 11 heavy (non-hydrogen) atoms. The van der Waals surface area contributed by atoms with E-state index in [0.717, 1.165) is 18.4 Å². The summed E-state index contributed by atoms with van der Waals surface area (Å²) in [4.78, 5) is 0. The van der Waals surface area contributed by atoms with Crippen molar-refractivity contribution in [3.63, 3.8) is 0 Å². The van der Waals surface area contributed by atoms with Gasteiger partial charge < -0.3 is 11.1 Å². The third-order valence-corrected chi connectivity index (χ3v) is 3.01. The number of rotatable bonds is 2. The predicted molar refractivity (Wildman–Crippen MR) is 46.3 cm³/mol. The third kappa shape index (κ3) is 1.94. The van der Waals surface area contributed by atoms with Gasteiger partial charge in [0.1, 0.15) is 0 Å². The maximum absolute atomic E-state index is 5.99. The molecule has 1 aliphatic heterocycles. The number of nitrogens with one attached hydrogen (secondary N) is 1. The summed E-state index contributed by atoms with van der Waals surface area (Å²) in [5.74, 6) is 1.87. The van der Waals surface area contributed by atoms with Crippen molar-refractivity contribution < 1.29 is 0 Å². The van der Waals surface area contributed by atoms with Crippen LogP contribution in [-0.4, -0.2) is 19.1 Å². The summed E-state index contributed by atoms with van der Waals surface area (Å²) in [5, 5.41) is 3.33. The maximum atomic E-state index is 5.99. The molecule has 0 amide bonds. The van der Waals surface area contributed by atoms with Gasteiger partial charge in [-0.2, -0.15) is 0 Å². The summed E-state index contributed by atoms with van der Waals surface area (Å²) < 4.78 is 0. The smallest absolute Gasteiger partial charge is 0.0194 e. The Bertz CT molecular complexity index is 132. The second-order valence-corrected chi connectivity index (χ2v) is 4.10. The van der Waals surface area contributed by atoms with Gasteiger partial charge in [-0.25, -0.2) is 0 Å². The van der Waals surface area contributed by atoms with E-state index < -0.39 is 0 Å². The average molecular weight is 154 g/mol. The fourth-order valence-corrected chi connectivity index (χ4v) is 2.01. The van der Waals surface area contributed by atoms with Crippen LogP contribution < -0.4 is 11.1 Å². The molecule has 2 atom stereocenters. The molecule has 0 radical (unpaired) electrons. The molecule has 2 nitrogen and oxygen atoms in total. The van der Waals surface area contributed by atoms with E-state index in [4.69, 9.17) is 5.73 Å². The Morgan fingerprint density at radius 2 is 2.09 bits per heavy atom. The van der Waals surface area contributed by atoms with Gasteiger partial charge in [0.05, 0.1) is 0 Å². The van der Waals surface area contributed by atoms with Crippen LogP contribution in [0.3, 0.4) is 0 Å². The molecular weight excluding hydrogens is 136 g/mol. The molecular formula is C9H18N2. The molecule has 0 aromatic rings. The predicted octanol–water partition coefficient (Wildman–Crippen LogP) is 0.723. The van der Waals surface area contributed by atoms with E-state index in [1.54, 1.807) is 0 Å². The van der Waals surface area contributed by atoms with Crippen LogP contribution in [0.4, 0.5) is 0 Å². The van der Waals surface area contributed by atoms with Crippen LogP contribution >= 0.6 is 0 Å². The fourth-order valence-electron chi connectivity index (χ4n) is 2.01. The molecule has 0 spiro atoms. The molecule has 1 heterocycles. The molecule has 0 bridgehead atoms. The monoisotopic (exact) mass is 154 g/mol. The number of piperidine rings is 1. The summed E-state index contributed by atoms with van der Waals surface area (Å²) >= 11 is 0. The number of nitrogens with two attached hydrogens (primary N) is 1. The molecule has 2 rings (SSSR count). The third-order valence-electron chi connectivity index (χ3n) is 3.01. The van der Waals surface area contributed by atoms with Crippen LogP contribution in [0.5, 0.6) is 0 Å². The summed E-state index contributed by atoms with van der Waals surface area (Å²) in [5.41, 5.74) is 5.99. The van der Waals surface area contributed by atoms with Gasteiger partial charge in [0.25, 0.3) is 0 Å². The summed E-state index contributed by atoms with van der Waals surface area (Å²) in [6.07, 6.45) is 5.65. The first-order valence-corrected chi connectivity index (χ1v) is 4.82. The molecule has 1 saturated carbocycles. The zero-order valence-electron chi connectivity index (χ0n) is 7.05. The Morgan fingerprint density at radius 3 is 2.73 bits per heavy atom. The SMILES string of the molecule is NC1CNCCC1CC1CC1. The highest BCUT2D eigenvalue weighted by Gasteiger charge is 2.29. The second-order valence-electron chi connectivity index (χ2n) is 4.10. The molecule has 1 aliphatic carbocycles. The highest BCUT2D eigenvalue weighted by Crippen LogP contribution is 2.37. The van der Waals surface area contributed by atoms with Crippen molar-refractivity contribution in [2.75, 3.05) is 13.1 Å². The van der Waals surface area contributed by atoms with Crippen molar-refractivity contribution in [2.24, 2.45) is 17.6 Å². The highest BCUT2D eigenvalue weighted by atomic mass is 14.9. The van der Waals surface area contributed by atoms with E-state index >= 15 is 0 Å². The van der Waals surface area contributed by atoms with E-state index in [9.17, 15) is 0 Å². The number of hydrogen-bond donors (Lipinski definition) is 2. The lowest BCUT2D eigenvalue weighted by Gasteiger charge is -2.29. The van der Waals surface area contributed by atoms with Crippen molar-refractivity contribution in [1.29, 1.82) is 0 Å². The van der Waals surface area contributed by atoms with Crippen LogP contribution in [0.15, 0.2) is 0 Å². The lowest BCUT2D eigenvalue weighted by atomic mass is 9.88. The summed E-state index contributed by atoms with van der Waals surface area (Å²) in [6.45, 7) is 2.22. The first kappa shape index (κ1) is 7.56. The molecule has 0 aromatic heterocycles. The Morgan fingerprint density at radius 1 is 1.27 bits per heavy atom.